The molecule has 0 radical (unpaired) electrons. The molecule has 3 aliphatic carbocycles. The molecule has 78 valence electrons. The van der Waals surface area contributed by atoms with E-state index in [0.717, 1.165) is 5.92 Å². The Morgan fingerprint density at radius 2 is 2.00 bits per heavy atom. The van der Waals surface area contributed by atoms with Crippen LogP contribution in [0.25, 0.3) is 11.6 Å². The van der Waals surface area contributed by atoms with Gasteiger partial charge < -0.3 is 0 Å². The highest BCUT2D eigenvalue weighted by molar-refractivity contribution is 5.98. The smallest absolute Gasteiger partial charge is 0.00104 e. The summed E-state index contributed by atoms with van der Waals surface area (Å²) in [4.78, 5) is 0. The fourth-order valence-electron chi connectivity index (χ4n) is 3.24. The van der Waals surface area contributed by atoms with Crippen molar-refractivity contribution in [1.29, 1.82) is 0 Å². The number of fused-ring (bicyclic) bond motifs is 4. The first-order chi connectivity index (χ1) is 7.92. The van der Waals surface area contributed by atoms with E-state index in [1.807, 2.05) is 0 Å². The van der Waals surface area contributed by atoms with Crippen molar-refractivity contribution in [2.45, 2.75) is 19.3 Å². The first-order valence-electron chi connectivity index (χ1n) is 6.15. The minimum atomic E-state index is 0.735. The largest absolute Gasteiger partial charge is 0.0688 e. The van der Waals surface area contributed by atoms with E-state index < -0.39 is 0 Å². The molecule has 0 amide bonds. The van der Waals surface area contributed by atoms with Crippen molar-refractivity contribution >= 4 is 11.6 Å². The van der Waals surface area contributed by atoms with Crippen LogP contribution in [0.2, 0.25) is 0 Å². The fourth-order valence-corrected chi connectivity index (χ4v) is 3.24. The summed E-state index contributed by atoms with van der Waals surface area (Å²) in [6.45, 7) is 0. The van der Waals surface area contributed by atoms with E-state index >= 15 is 0 Å². The highest BCUT2D eigenvalue weighted by atomic mass is 14.3. The Balaban J connectivity index is 1.91. The number of allylic oxidation sites excluding steroid dienone is 5. The topological polar surface area (TPSA) is 0 Å². The molecule has 1 fully saturated rings. The lowest BCUT2D eigenvalue weighted by Gasteiger charge is -2.16. The maximum Gasteiger partial charge on any atom is -0.00104 e. The first kappa shape index (κ1) is 8.58. The van der Waals surface area contributed by atoms with Crippen LogP contribution in [0.1, 0.15) is 30.4 Å². The predicted molar refractivity (Wildman–Crippen MR) is 67.8 cm³/mol. The van der Waals surface area contributed by atoms with Crippen LogP contribution in [-0.2, 0) is 0 Å². The third kappa shape index (κ3) is 1.05. The molecule has 0 saturated heterocycles. The van der Waals surface area contributed by atoms with Crippen LogP contribution in [0.5, 0.6) is 0 Å². The van der Waals surface area contributed by atoms with Gasteiger partial charge in [-0.2, -0.15) is 0 Å². The van der Waals surface area contributed by atoms with Gasteiger partial charge in [0.15, 0.2) is 0 Å². The molecule has 1 saturated carbocycles. The molecule has 0 aliphatic heterocycles. The molecular formula is C16H14. The van der Waals surface area contributed by atoms with E-state index in [2.05, 4.69) is 42.5 Å². The van der Waals surface area contributed by atoms with Crippen molar-refractivity contribution in [2.24, 2.45) is 5.92 Å². The van der Waals surface area contributed by atoms with Crippen molar-refractivity contribution in [1.82, 2.24) is 0 Å². The van der Waals surface area contributed by atoms with Gasteiger partial charge in [0.2, 0.25) is 0 Å². The van der Waals surface area contributed by atoms with Crippen LogP contribution in [0.3, 0.4) is 0 Å². The van der Waals surface area contributed by atoms with E-state index in [4.69, 9.17) is 0 Å². The molecule has 1 aromatic carbocycles. The lowest BCUT2D eigenvalue weighted by Crippen LogP contribution is -2.00. The van der Waals surface area contributed by atoms with Crippen molar-refractivity contribution < 1.29 is 0 Å². The molecule has 1 aromatic rings. The number of hydrogen-bond acceptors (Lipinski definition) is 0. The summed E-state index contributed by atoms with van der Waals surface area (Å²) in [5, 5.41) is 0. The van der Waals surface area contributed by atoms with E-state index in [9.17, 15) is 0 Å². The van der Waals surface area contributed by atoms with E-state index in [1.54, 1.807) is 5.57 Å². The van der Waals surface area contributed by atoms with Gasteiger partial charge in [0.05, 0.1) is 0 Å². The molecule has 0 spiro atoms. The Bertz CT molecular complexity index is 555. The van der Waals surface area contributed by atoms with E-state index in [1.165, 1.54) is 41.5 Å². The Labute approximate surface area is 96.0 Å². The van der Waals surface area contributed by atoms with Crippen molar-refractivity contribution in [3.8, 4) is 0 Å². The first-order valence-corrected chi connectivity index (χ1v) is 6.15. The van der Waals surface area contributed by atoms with Crippen LogP contribution in [-0.4, -0.2) is 0 Å². The lowest BCUT2D eigenvalue weighted by molar-refractivity contribution is 0.764. The SMILES string of the molecule is C1=C2C=C3CCCC3C=C2c2ccccc21. The van der Waals surface area contributed by atoms with Gasteiger partial charge in [-0.05, 0) is 53.5 Å². The minimum absolute atomic E-state index is 0.735. The van der Waals surface area contributed by atoms with Gasteiger partial charge in [-0.3, -0.25) is 0 Å². The van der Waals surface area contributed by atoms with Gasteiger partial charge in [0, 0.05) is 0 Å². The Morgan fingerprint density at radius 3 is 3.00 bits per heavy atom. The zero-order chi connectivity index (χ0) is 10.5. The second kappa shape index (κ2) is 2.98. The van der Waals surface area contributed by atoms with Crippen LogP contribution in [0.4, 0.5) is 0 Å². The summed E-state index contributed by atoms with van der Waals surface area (Å²) in [5.41, 5.74) is 7.39. The Morgan fingerprint density at radius 1 is 1.06 bits per heavy atom. The van der Waals surface area contributed by atoms with Crippen LogP contribution in [0.15, 0.2) is 47.6 Å². The average molecular weight is 206 g/mol. The third-order valence-corrected chi connectivity index (χ3v) is 4.04. The van der Waals surface area contributed by atoms with Gasteiger partial charge in [0.1, 0.15) is 0 Å². The fraction of sp³-hybridized carbons (Fsp3) is 0.250. The summed E-state index contributed by atoms with van der Waals surface area (Å²) in [6, 6.07) is 8.74. The lowest BCUT2D eigenvalue weighted by atomic mass is 9.88. The summed E-state index contributed by atoms with van der Waals surface area (Å²) in [7, 11) is 0. The number of rotatable bonds is 0. The van der Waals surface area contributed by atoms with Gasteiger partial charge in [-0.25, -0.2) is 0 Å². The highest BCUT2D eigenvalue weighted by Crippen LogP contribution is 2.45. The molecule has 4 rings (SSSR count). The molecule has 0 heterocycles. The van der Waals surface area contributed by atoms with Crippen LogP contribution in [0, 0.1) is 5.92 Å². The molecular weight excluding hydrogens is 192 g/mol. The van der Waals surface area contributed by atoms with E-state index in [0.29, 0.717) is 0 Å². The quantitative estimate of drug-likeness (QED) is 0.596. The monoisotopic (exact) mass is 206 g/mol. The molecule has 0 heteroatoms. The summed E-state index contributed by atoms with van der Waals surface area (Å²) in [6.07, 6.45) is 11.3. The van der Waals surface area contributed by atoms with E-state index in [-0.39, 0.29) is 0 Å². The van der Waals surface area contributed by atoms with Crippen molar-refractivity contribution in [2.75, 3.05) is 0 Å². The molecule has 0 nitrogen and oxygen atoms in total. The maximum absolute atomic E-state index is 2.50. The Kier molecular flexibility index (Phi) is 1.59. The van der Waals surface area contributed by atoms with Crippen LogP contribution >= 0.6 is 0 Å². The van der Waals surface area contributed by atoms with Crippen LogP contribution < -0.4 is 0 Å². The van der Waals surface area contributed by atoms with Gasteiger partial charge in [-0.15, -0.1) is 0 Å². The Hall–Kier alpha value is -1.56. The predicted octanol–water partition coefficient (Wildman–Crippen LogP) is 4.21. The highest BCUT2D eigenvalue weighted by Gasteiger charge is 2.27. The number of hydrogen-bond donors (Lipinski definition) is 0. The van der Waals surface area contributed by atoms with Gasteiger partial charge in [-0.1, -0.05) is 42.0 Å². The molecule has 16 heavy (non-hydrogen) atoms. The zero-order valence-corrected chi connectivity index (χ0v) is 9.24. The molecule has 0 aromatic heterocycles. The van der Waals surface area contributed by atoms with Crippen molar-refractivity contribution in [3.05, 3.63) is 58.7 Å². The van der Waals surface area contributed by atoms with Crippen molar-refractivity contribution in [3.63, 3.8) is 0 Å². The molecule has 1 unspecified atom stereocenters. The molecule has 0 bridgehead atoms. The summed E-state index contributed by atoms with van der Waals surface area (Å²) < 4.78 is 0. The molecule has 0 N–H and O–H groups in total. The standard InChI is InChI=1S/C16H14/c1-2-7-15-13(4-1)9-14-8-11-5-3-6-12(11)10-16(14)15/h1-2,4,7-10,12H,3,5-6H2. The average Bonchev–Trinajstić information content (AvgIpc) is 2.88. The second-order valence-corrected chi connectivity index (χ2v) is 4.99. The summed E-state index contributed by atoms with van der Waals surface area (Å²) in [5.74, 6) is 0.735. The normalized spacial score (nSPS) is 25.2. The third-order valence-electron chi connectivity index (χ3n) is 4.04. The zero-order valence-electron chi connectivity index (χ0n) is 9.24. The molecule has 3 aliphatic rings. The second-order valence-electron chi connectivity index (χ2n) is 4.99. The molecule has 1 atom stereocenters. The van der Waals surface area contributed by atoms with Gasteiger partial charge >= 0.3 is 0 Å². The number of benzene rings is 1. The van der Waals surface area contributed by atoms with Gasteiger partial charge in [0.25, 0.3) is 0 Å². The maximum atomic E-state index is 2.50. The minimum Gasteiger partial charge on any atom is -0.0688 e. The summed E-state index contributed by atoms with van der Waals surface area (Å²) >= 11 is 0.